The van der Waals surface area contributed by atoms with Crippen molar-refractivity contribution in [1.29, 1.82) is 0 Å². The van der Waals surface area contributed by atoms with Crippen LogP contribution in [0.25, 0.3) is 21.1 Å². The van der Waals surface area contributed by atoms with Crippen LogP contribution in [-0.4, -0.2) is 74.1 Å². The van der Waals surface area contributed by atoms with E-state index in [0.717, 1.165) is 78.2 Å². The highest BCUT2D eigenvalue weighted by Crippen LogP contribution is 2.40. The van der Waals surface area contributed by atoms with Gasteiger partial charge in [0.05, 0.1) is 23.3 Å². The quantitative estimate of drug-likeness (QED) is 0.497. The Bertz CT molecular complexity index is 1310. The predicted molar refractivity (Wildman–Crippen MR) is 124 cm³/mol. The van der Waals surface area contributed by atoms with Gasteiger partial charge in [0.1, 0.15) is 22.8 Å². The third-order valence-electron chi connectivity index (χ3n) is 6.58. The molecule has 4 aromatic heterocycles. The maximum atomic E-state index is 13.1. The number of pyridine rings is 1. The molecule has 2 aliphatic rings. The average molecular weight is 449 g/mol. The first kappa shape index (κ1) is 19.6. The number of nitrogens with zero attached hydrogens (tertiary/aromatic N) is 6. The molecule has 164 valence electrons. The van der Waals surface area contributed by atoms with Gasteiger partial charge in [-0.05, 0) is 37.9 Å². The molecule has 6 rings (SSSR count). The van der Waals surface area contributed by atoms with E-state index >= 15 is 0 Å². The molecule has 5 heterocycles. The second-order valence-corrected chi connectivity index (χ2v) is 9.71. The number of amides is 1. The molecule has 0 bridgehead atoms. The monoisotopic (exact) mass is 448 g/mol. The molecule has 1 fully saturated rings. The molecule has 1 amide bonds. The Morgan fingerprint density at radius 1 is 1.19 bits per heavy atom. The van der Waals surface area contributed by atoms with Crippen LogP contribution in [0.4, 0.5) is 11.6 Å². The summed E-state index contributed by atoms with van der Waals surface area (Å²) in [4.78, 5) is 33.2. The zero-order valence-corrected chi connectivity index (χ0v) is 18.7. The molecule has 1 aliphatic heterocycles. The highest BCUT2D eigenvalue weighted by molar-refractivity contribution is 7.19. The Kier molecular flexibility index (Phi) is 4.76. The highest BCUT2D eigenvalue weighted by Gasteiger charge is 2.32. The number of H-pyrrole nitrogens is 1. The lowest BCUT2D eigenvalue weighted by molar-refractivity contribution is -0.137. The Labute approximate surface area is 188 Å². The molecular weight excluding hydrogens is 424 g/mol. The molecule has 1 aliphatic carbocycles. The van der Waals surface area contributed by atoms with E-state index in [1.165, 1.54) is 10.4 Å². The number of rotatable bonds is 3. The van der Waals surface area contributed by atoms with Crippen LogP contribution in [0.1, 0.15) is 16.9 Å². The fourth-order valence-electron chi connectivity index (χ4n) is 4.73. The largest absolute Gasteiger partial charge is 0.340 e. The summed E-state index contributed by atoms with van der Waals surface area (Å²) in [5, 5.41) is 12.4. The minimum atomic E-state index is 0.0634. The van der Waals surface area contributed by atoms with Gasteiger partial charge >= 0.3 is 0 Å². The van der Waals surface area contributed by atoms with E-state index in [2.05, 4.69) is 42.4 Å². The lowest BCUT2D eigenvalue weighted by Crippen LogP contribution is -2.49. The van der Waals surface area contributed by atoms with Gasteiger partial charge in [0, 0.05) is 42.4 Å². The van der Waals surface area contributed by atoms with E-state index in [0.29, 0.717) is 5.91 Å². The van der Waals surface area contributed by atoms with E-state index < -0.39 is 0 Å². The normalized spacial score (nSPS) is 19.4. The van der Waals surface area contributed by atoms with Crippen molar-refractivity contribution < 1.29 is 4.79 Å². The van der Waals surface area contributed by atoms with Gasteiger partial charge in [-0.25, -0.2) is 15.0 Å². The molecule has 1 saturated heterocycles. The van der Waals surface area contributed by atoms with Crippen molar-refractivity contribution >= 4 is 50.0 Å². The number of hydrogen-bond acceptors (Lipinski definition) is 8. The zero-order chi connectivity index (χ0) is 21.7. The lowest BCUT2D eigenvalue weighted by atomic mass is 9.86. The molecule has 4 aromatic rings. The van der Waals surface area contributed by atoms with E-state index in [1.54, 1.807) is 30.1 Å². The van der Waals surface area contributed by atoms with Crippen LogP contribution < -0.4 is 5.32 Å². The van der Waals surface area contributed by atoms with Crippen LogP contribution in [0, 0.1) is 5.92 Å². The van der Waals surface area contributed by atoms with Gasteiger partial charge in [-0.2, -0.15) is 5.10 Å². The number of hydrogen-bond donors (Lipinski definition) is 2. The van der Waals surface area contributed by atoms with Gasteiger partial charge in [0.25, 0.3) is 0 Å². The van der Waals surface area contributed by atoms with E-state index in [1.807, 2.05) is 11.0 Å². The average Bonchev–Trinajstić information content (AvgIpc) is 3.43. The molecule has 10 heteroatoms. The number of aromatic amines is 1. The minimum absolute atomic E-state index is 0.0634. The molecule has 0 spiro atoms. The number of aromatic nitrogens is 5. The van der Waals surface area contributed by atoms with Crippen molar-refractivity contribution in [2.45, 2.75) is 19.3 Å². The number of aryl methyl sites for hydroxylation is 1. The number of carbonyl (C=O) groups is 1. The number of nitrogens with one attached hydrogen (secondary N) is 2. The maximum absolute atomic E-state index is 13.1. The number of carbonyl (C=O) groups excluding carboxylic acids is 1. The van der Waals surface area contributed by atoms with Crippen LogP contribution in [0.15, 0.2) is 24.8 Å². The predicted octanol–water partition coefficient (Wildman–Crippen LogP) is 2.59. The van der Waals surface area contributed by atoms with Gasteiger partial charge in [-0.15, -0.1) is 11.3 Å². The van der Waals surface area contributed by atoms with Gasteiger partial charge in [0.2, 0.25) is 5.91 Å². The first-order valence-corrected chi connectivity index (χ1v) is 11.8. The summed E-state index contributed by atoms with van der Waals surface area (Å²) in [7, 11) is 2.11. The van der Waals surface area contributed by atoms with Crippen LogP contribution in [0.5, 0.6) is 0 Å². The van der Waals surface area contributed by atoms with Crippen LogP contribution in [0.2, 0.25) is 0 Å². The Balaban J connectivity index is 1.27. The summed E-state index contributed by atoms with van der Waals surface area (Å²) in [5.74, 6) is 1.86. The fourth-order valence-corrected chi connectivity index (χ4v) is 6.00. The smallest absolute Gasteiger partial charge is 0.226 e. The molecule has 9 nitrogen and oxygen atoms in total. The van der Waals surface area contributed by atoms with Crippen molar-refractivity contribution in [2.75, 3.05) is 38.5 Å². The van der Waals surface area contributed by atoms with Gasteiger partial charge in [-0.3, -0.25) is 9.89 Å². The molecule has 0 saturated carbocycles. The molecule has 1 unspecified atom stereocenters. The molecule has 0 radical (unpaired) electrons. The first-order valence-electron chi connectivity index (χ1n) is 10.9. The lowest BCUT2D eigenvalue weighted by Gasteiger charge is -2.35. The summed E-state index contributed by atoms with van der Waals surface area (Å²) < 4.78 is 0. The van der Waals surface area contributed by atoms with Gasteiger partial charge < -0.3 is 15.1 Å². The van der Waals surface area contributed by atoms with Crippen molar-refractivity contribution in [3.63, 3.8) is 0 Å². The Morgan fingerprint density at radius 3 is 2.94 bits per heavy atom. The second-order valence-electron chi connectivity index (χ2n) is 8.63. The first-order chi connectivity index (χ1) is 15.7. The van der Waals surface area contributed by atoms with Crippen LogP contribution in [0.3, 0.4) is 0 Å². The van der Waals surface area contributed by atoms with Crippen LogP contribution >= 0.6 is 11.3 Å². The van der Waals surface area contributed by atoms with Crippen molar-refractivity contribution in [3.05, 3.63) is 35.2 Å². The third-order valence-corrected chi connectivity index (χ3v) is 7.74. The van der Waals surface area contributed by atoms with Crippen molar-refractivity contribution in [1.82, 2.24) is 34.9 Å². The summed E-state index contributed by atoms with van der Waals surface area (Å²) in [5.41, 5.74) is 2.17. The SMILES string of the molecule is CN1CCN(C(=O)C2CCc3c(sc4ncnc(Nc5cc6cn[nH]c6cn5)c34)C2)CC1. The molecular formula is C22H24N8OS. The van der Waals surface area contributed by atoms with Crippen molar-refractivity contribution in [2.24, 2.45) is 5.92 Å². The fraction of sp³-hybridized carbons (Fsp3) is 0.409. The van der Waals surface area contributed by atoms with Crippen LogP contribution in [-0.2, 0) is 17.6 Å². The summed E-state index contributed by atoms with van der Waals surface area (Å²) in [6.07, 6.45) is 7.67. The van der Waals surface area contributed by atoms with Crippen molar-refractivity contribution in [3.8, 4) is 0 Å². The Hall–Kier alpha value is -3.11. The number of thiophene rings is 1. The number of anilines is 2. The summed E-state index contributed by atoms with van der Waals surface area (Å²) in [6, 6.07) is 1.95. The standard InChI is InChI=1S/C22H24N8OS/c1-29-4-6-30(7-5-29)22(31)13-2-3-15-17(8-13)32-21-19(15)20(24-12-25-21)27-18-9-14-10-26-28-16(14)11-23-18/h9-13H,2-8H2,1H3,(H,26,28)(H,23,24,25,27). The van der Waals surface area contributed by atoms with Gasteiger partial charge in [0.15, 0.2) is 0 Å². The number of fused-ring (bicyclic) bond motifs is 4. The molecule has 0 aromatic carbocycles. The highest BCUT2D eigenvalue weighted by atomic mass is 32.1. The van der Waals surface area contributed by atoms with E-state index in [4.69, 9.17) is 0 Å². The second kappa shape index (κ2) is 7.79. The summed E-state index contributed by atoms with van der Waals surface area (Å²) in [6.45, 7) is 3.57. The summed E-state index contributed by atoms with van der Waals surface area (Å²) >= 11 is 1.69. The molecule has 1 atom stereocenters. The van der Waals surface area contributed by atoms with E-state index in [9.17, 15) is 4.79 Å². The topological polar surface area (TPSA) is 103 Å². The Morgan fingerprint density at radius 2 is 2.06 bits per heavy atom. The van der Waals surface area contributed by atoms with E-state index in [-0.39, 0.29) is 5.92 Å². The number of piperazine rings is 1. The minimum Gasteiger partial charge on any atom is -0.340 e. The van der Waals surface area contributed by atoms with Gasteiger partial charge in [-0.1, -0.05) is 0 Å². The molecule has 2 N–H and O–H groups in total. The third kappa shape index (κ3) is 3.39. The molecule has 32 heavy (non-hydrogen) atoms. The maximum Gasteiger partial charge on any atom is 0.226 e. The zero-order valence-electron chi connectivity index (χ0n) is 17.8. The number of likely N-dealkylation sites (N-methyl/N-ethyl adjacent to an activating group) is 1.